The Balaban J connectivity index is 3.30. The molecule has 1 atom stereocenters. The van der Waals surface area contributed by atoms with Gasteiger partial charge in [0.1, 0.15) is 0 Å². The smallest absolute Gasteiger partial charge is 0.222 e. The van der Waals surface area contributed by atoms with Crippen LogP contribution in [-0.2, 0) is 4.79 Å². The van der Waals surface area contributed by atoms with E-state index >= 15 is 0 Å². The molecule has 0 saturated carbocycles. The Bertz CT molecular complexity index is 208. The third-order valence-electron chi connectivity index (χ3n) is 2.19. The minimum absolute atomic E-state index is 0.0172. The first-order valence-electron chi connectivity index (χ1n) is 5.61. The van der Waals surface area contributed by atoms with Crippen molar-refractivity contribution in [2.24, 2.45) is 5.92 Å². The maximum absolute atomic E-state index is 11.1. The van der Waals surface area contributed by atoms with E-state index in [0.717, 1.165) is 13.1 Å². The van der Waals surface area contributed by atoms with Gasteiger partial charge in [0.2, 0.25) is 5.91 Å². The summed E-state index contributed by atoms with van der Waals surface area (Å²) < 4.78 is 0. The predicted molar refractivity (Wildman–Crippen MR) is 63.4 cm³/mol. The highest BCUT2D eigenvalue weighted by Gasteiger charge is 2.01. The zero-order valence-electron chi connectivity index (χ0n) is 9.81. The molecule has 0 aromatic heterocycles. The molecule has 0 radical (unpaired) electrons. The summed E-state index contributed by atoms with van der Waals surface area (Å²) in [5, 5.41) is 5.90. The van der Waals surface area contributed by atoms with Crippen molar-refractivity contribution in [3.05, 3.63) is 0 Å². The maximum Gasteiger partial charge on any atom is 0.222 e. The molecule has 86 valence electrons. The molecule has 0 aromatic rings. The molecule has 0 aliphatic heterocycles. The van der Waals surface area contributed by atoms with E-state index in [0.29, 0.717) is 18.9 Å². The zero-order valence-corrected chi connectivity index (χ0v) is 9.81. The Morgan fingerprint density at radius 2 is 2.27 bits per heavy atom. The Kier molecular flexibility index (Phi) is 8.90. The van der Waals surface area contributed by atoms with Crippen molar-refractivity contribution in [2.45, 2.75) is 33.1 Å². The average Bonchev–Trinajstić information content (AvgIpc) is 2.22. The number of nitrogens with one attached hydrogen (secondary N) is 2. The number of rotatable bonds is 8. The van der Waals surface area contributed by atoms with E-state index < -0.39 is 0 Å². The van der Waals surface area contributed by atoms with E-state index in [1.807, 2.05) is 0 Å². The first-order chi connectivity index (χ1) is 7.20. The Labute approximate surface area is 93.0 Å². The van der Waals surface area contributed by atoms with Gasteiger partial charge in [-0.25, -0.2) is 0 Å². The van der Waals surface area contributed by atoms with Crippen molar-refractivity contribution in [3.8, 4) is 12.3 Å². The van der Waals surface area contributed by atoms with Crippen LogP contribution in [0.15, 0.2) is 0 Å². The molecule has 0 spiro atoms. The van der Waals surface area contributed by atoms with Crippen LogP contribution in [0.2, 0.25) is 0 Å². The van der Waals surface area contributed by atoms with E-state index in [-0.39, 0.29) is 5.91 Å². The molecule has 0 aliphatic carbocycles. The van der Waals surface area contributed by atoms with Gasteiger partial charge in [0.05, 0.1) is 6.54 Å². The summed E-state index contributed by atoms with van der Waals surface area (Å²) in [6.07, 6.45) is 7.97. The van der Waals surface area contributed by atoms with Crippen LogP contribution in [0.4, 0.5) is 0 Å². The van der Waals surface area contributed by atoms with Crippen molar-refractivity contribution in [3.63, 3.8) is 0 Å². The van der Waals surface area contributed by atoms with Gasteiger partial charge in [-0.2, -0.15) is 0 Å². The number of terminal acetylenes is 1. The van der Waals surface area contributed by atoms with Crippen molar-refractivity contribution in [1.29, 1.82) is 0 Å². The van der Waals surface area contributed by atoms with Gasteiger partial charge in [0.15, 0.2) is 0 Å². The van der Waals surface area contributed by atoms with Crippen LogP contribution in [0, 0.1) is 18.3 Å². The van der Waals surface area contributed by atoms with Crippen molar-refractivity contribution < 1.29 is 4.79 Å². The van der Waals surface area contributed by atoms with Crippen LogP contribution in [-0.4, -0.2) is 25.5 Å². The van der Waals surface area contributed by atoms with Crippen LogP contribution in [0.5, 0.6) is 0 Å². The summed E-state index contributed by atoms with van der Waals surface area (Å²) in [7, 11) is 0. The van der Waals surface area contributed by atoms with Crippen molar-refractivity contribution in [2.75, 3.05) is 19.6 Å². The number of hydrogen-bond acceptors (Lipinski definition) is 2. The molecule has 0 saturated heterocycles. The highest BCUT2D eigenvalue weighted by Crippen LogP contribution is 2.02. The minimum atomic E-state index is 0.0172. The van der Waals surface area contributed by atoms with E-state index in [4.69, 9.17) is 6.42 Å². The highest BCUT2D eigenvalue weighted by molar-refractivity contribution is 5.76. The molecule has 1 amide bonds. The molecule has 0 bridgehead atoms. The fourth-order valence-electron chi connectivity index (χ4n) is 1.38. The monoisotopic (exact) mass is 210 g/mol. The summed E-state index contributed by atoms with van der Waals surface area (Å²) in [6.45, 7) is 6.43. The van der Waals surface area contributed by atoms with Crippen molar-refractivity contribution in [1.82, 2.24) is 10.6 Å². The second kappa shape index (κ2) is 9.54. The predicted octanol–water partition coefficient (Wildman–Crippen LogP) is 1.15. The van der Waals surface area contributed by atoms with Crippen molar-refractivity contribution >= 4 is 5.91 Å². The zero-order chi connectivity index (χ0) is 11.5. The van der Waals surface area contributed by atoms with E-state index in [9.17, 15) is 4.79 Å². The van der Waals surface area contributed by atoms with Gasteiger partial charge in [-0.05, 0) is 18.9 Å². The third kappa shape index (κ3) is 9.30. The van der Waals surface area contributed by atoms with Gasteiger partial charge in [-0.1, -0.05) is 26.2 Å². The molecule has 3 heteroatoms. The maximum atomic E-state index is 11.1. The van der Waals surface area contributed by atoms with Crippen LogP contribution < -0.4 is 10.6 Å². The summed E-state index contributed by atoms with van der Waals surface area (Å²) in [6, 6.07) is 0. The minimum Gasteiger partial charge on any atom is -0.345 e. The first-order valence-corrected chi connectivity index (χ1v) is 5.61. The molecule has 0 aliphatic rings. The molecular weight excluding hydrogens is 188 g/mol. The largest absolute Gasteiger partial charge is 0.345 e. The molecule has 2 N–H and O–H groups in total. The molecule has 15 heavy (non-hydrogen) atoms. The lowest BCUT2D eigenvalue weighted by Gasteiger charge is -2.10. The summed E-state index contributed by atoms with van der Waals surface area (Å²) >= 11 is 0. The molecule has 0 fully saturated rings. The average molecular weight is 210 g/mol. The number of amides is 1. The van der Waals surface area contributed by atoms with Gasteiger partial charge in [-0.3, -0.25) is 4.79 Å². The molecule has 0 aromatic carbocycles. The molecular formula is C12H22N2O. The molecule has 1 unspecified atom stereocenters. The molecule has 0 heterocycles. The standard InChI is InChI=1S/C12H22N2O/c1-4-6-11(3)10-13-9-7-12(15)14-8-5-2/h2,11,13H,4,6-10H2,1,3H3,(H,14,15). The van der Waals surface area contributed by atoms with E-state index in [2.05, 4.69) is 30.4 Å². The Morgan fingerprint density at radius 3 is 2.87 bits per heavy atom. The second-order valence-electron chi connectivity index (χ2n) is 3.83. The van der Waals surface area contributed by atoms with Crippen LogP contribution in [0.3, 0.4) is 0 Å². The highest BCUT2D eigenvalue weighted by atomic mass is 16.1. The lowest BCUT2D eigenvalue weighted by Crippen LogP contribution is -2.29. The second-order valence-corrected chi connectivity index (χ2v) is 3.83. The molecule has 3 nitrogen and oxygen atoms in total. The van der Waals surface area contributed by atoms with Gasteiger partial charge >= 0.3 is 0 Å². The van der Waals surface area contributed by atoms with Crippen LogP contribution in [0.1, 0.15) is 33.1 Å². The number of hydrogen-bond donors (Lipinski definition) is 2. The van der Waals surface area contributed by atoms with Gasteiger partial charge in [0, 0.05) is 13.0 Å². The Morgan fingerprint density at radius 1 is 1.53 bits per heavy atom. The van der Waals surface area contributed by atoms with Gasteiger partial charge in [0.25, 0.3) is 0 Å². The van der Waals surface area contributed by atoms with Crippen LogP contribution >= 0.6 is 0 Å². The number of carbonyl (C=O) groups excluding carboxylic acids is 1. The third-order valence-corrected chi connectivity index (χ3v) is 2.19. The fourth-order valence-corrected chi connectivity index (χ4v) is 1.38. The SMILES string of the molecule is C#CCNC(=O)CCNCC(C)CCC. The lowest BCUT2D eigenvalue weighted by molar-refractivity contribution is -0.120. The summed E-state index contributed by atoms with van der Waals surface area (Å²) in [5.41, 5.74) is 0. The van der Waals surface area contributed by atoms with Gasteiger partial charge < -0.3 is 10.6 Å². The normalized spacial score (nSPS) is 11.8. The fraction of sp³-hybridized carbons (Fsp3) is 0.750. The first kappa shape index (κ1) is 14.0. The summed E-state index contributed by atoms with van der Waals surface area (Å²) in [5.74, 6) is 3.07. The summed E-state index contributed by atoms with van der Waals surface area (Å²) in [4.78, 5) is 11.1. The number of carbonyl (C=O) groups is 1. The Hall–Kier alpha value is -1.01. The van der Waals surface area contributed by atoms with Crippen LogP contribution in [0.25, 0.3) is 0 Å². The van der Waals surface area contributed by atoms with E-state index in [1.54, 1.807) is 0 Å². The quantitative estimate of drug-likeness (QED) is 0.466. The lowest BCUT2D eigenvalue weighted by atomic mass is 10.1. The molecule has 0 rings (SSSR count). The van der Waals surface area contributed by atoms with E-state index in [1.165, 1.54) is 12.8 Å². The van der Waals surface area contributed by atoms with Gasteiger partial charge in [-0.15, -0.1) is 6.42 Å². The topological polar surface area (TPSA) is 41.1 Å².